The van der Waals surface area contributed by atoms with Crippen LogP contribution in [0.2, 0.25) is 0 Å². The number of nitrogen functional groups attached to an aromatic ring is 1. The zero-order valence-electron chi connectivity index (χ0n) is 13.2. The molecule has 118 valence electrons. The molecule has 0 bridgehead atoms. The molecular weight excluding hydrogens is 284 g/mol. The van der Waals surface area contributed by atoms with Gasteiger partial charge in [-0.1, -0.05) is 26.0 Å². The molecule has 0 saturated heterocycles. The third-order valence-electron chi connectivity index (χ3n) is 4.59. The highest BCUT2D eigenvalue weighted by atomic mass is 32.2. The minimum absolute atomic E-state index is 0.0453. The van der Waals surface area contributed by atoms with Crippen LogP contribution in [0.1, 0.15) is 45.1 Å². The average Bonchev–Trinajstić information content (AvgIpc) is 2.40. The Morgan fingerprint density at radius 3 is 2.24 bits per heavy atom. The fourth-order valence-electron chi connectivity index (χ4n) is 2.90. The van der Waals surface area contributed by atoms with Crippen molar-refractivity contribution in [3.05, 3.63) is 29.8 Å². The van der Waals surface area contributed by atoms with Crippen LogP contribution in [0, 0.1) is 5.41 Å². The van der Waals surface area contributed by atoms with Gasteiger partial charge < -0.3 is 5.73 Å². The highest BCUT2D eigenvalue weighted by molar-refractivity contribution is 7.88. The van der Waals surface area contributed by atoms with Gasteiger partial charge in [0.1, 0.15) is 0 Å². The van der Waals surface area contributed by atoms with Gasteiger partial charge in [-0.2, -0.15) is 0 Å². The fourth-order valence-corrected chi connectivity index (χ4v) is 4.38. The first-order chi connectivity index (χ1) is 9.70. The number of anilines is 1. The van der Waals surface area contributed by atoms with E-state index in [9.17, 15) is 8.42 Å². The van der Waals surface area contributed by atoms with Gasteiger partial charge in [0.25, 0.3) is 0 Å². The van der Waals surface area contributed by atoms with Crippen LogP contribution in [0.5, 0.6) is 0 Å². The predicted molar refractivity (Wildman–Crippen MR) is 87.3 cm³/mol. The Hall–Kier alpha value is -1.07. The maximum absolute atomic E-state index is 12.5. The quantitative estimate of drug-likeness (QED) is 0.870. The minimum Gasteiger partial charge on any atom is -0.399 e. The van der Waals surface area contributed by atoms with Crippen LogP contribution in [-0.2, 0) is 15.8 Å². The average molecular weight is 310 g/mol. The number of nitrogens with zero attached hydrogens (tertiary/aromatic N) is 1. The molecule has 4 nitrogen and oxygen atoms in total. The molecule has 0 amide bonds. The summed E-state index contributed by atoms with van der Waals surface area (Å²) < 4.78 is 26.7. The highest BCUT2D eigenvalue weighted by Gasteiger charge is 2.33. The number of hydrogen-bond donors (Lipinski definition) is 1. The first kappa shape index (κ1) is 16.3. The maximum Gasteiger partial charge on any atom is 0.218 e. The van der Waals surface area contributed by atoms with Crippen molar-refractivity contribution in [1.29, 1.82) is 0 Å². The lowest BCUT2D eigenvalue weighted by molar-refractivity contribution is 0.174. The van der Waals surface area contributed by atoms with E-state index in [0.717, 1.165) is 31.2 Å². The lowest BCUT2D eigenvalue weighted by Crippen LogP contribution is -2.41. The maximum atomic E-state index is 12.5. The van der Waals surface area contributed by atoms with Crippen LogP contribution < -0.4 is 5.73 Å². The van der Waals surface area contributed by atoms with E-state index in [0.29, 0.717) is 11.1 Å². The number of benzene rings is 1. The molecule has 1 aromatic carbocycles. The summed E-state index contributed by atoms with van der Waals surface area (Å²) >= 11 is 0. The van der Waals surface area contributed by atoms with Crippen LogP contribution in [0.4, 0.5) is 5.69 Å². The van der Waals surface area contributed by atoms with E-state index < -0.39 is 10.0 Å². The Morgan fingerprint density at radius 2 is 1.71 bits per heavy atom. The van der Waals surface area contributed by atoms with Crippen LogP contribution >= 0.6 is 0 Å². The third-order valence-corrected chi connectivity index (χ3v) is 6.46. The van der Waals surface area contributed by atoms with Gasteiger partial charge in [0.05, 0.1) is 5.75 Å². The summed E-state index contributed by atoms with van der Waals surface area (Å²) in [4.78, 5) is 0. The summed E-state index contributed by atoms with van der Waals surface area (Å²) in [6.07, 6.45) is 4.06. The van der Waals surface area contributed by atoms with Crippen molar-refractivity contribution in [2.75, 3.05) is 12.8 Å². The van der Waals surface area contributed by atoms with Gasteiger partial charge in [0.15, 0.2) is 0 Å². The Labute approximate surface area is 128 Å². The van der Waals surface area contributed by atoms with Crippen LogP contribution in [0.25, 0.3) is 0 Å². The molecule has 0 heterocycles. The molecule has 1 aliphatic carbocycles. The standard InChI is InChI=1S/C16H26N2O2S/c1-16(2)10-8-15(9-11-16)18(3)21(19,20)12-13-4-6-14(17)7-5-13/h4-7,15H,8-12,17H2,1-3H3. The molecule has 0 unspecified atom stereocenters. The van der Waals surface area contributed by atoms with E-state index in [4.69, 9.17) is 5.73 Å². The molecular formula is C16H26N2O2S. The van der Waals surface area contributed by atoms with Crippen LogP contribution in [0.15, 0.2) is 24.3 Å². The van der Waals surface area contributed by atoms with Crippen molar-refractivity contribution < 1.29 is 8.42 Å². The topological polar surface area (TPSA) is 63.4 Å². The van der Waals surface area contributed by atoms with Crippen molar-refractivity contribution in [3.8, 4) is 0 Å². The van der Waals surface area contributed by atoms with Crippen molar-refractivity contribution in [1.82, 2.24) is 4.31 Å². The predicted octanol–water partition coefficient (Wildman–Crippen LogP) is 3.00. The van der Waals surface area contributed by atoms with Crippen LogP contribution in [0.3, 0.4) is 0 Å². The van der Waals surface area contributed by atoms with Crippen molar-refractivity contribution in [3.63, 3.8) is 0 Å². The van der Waals surface area contributed by atoms with E-state index in [-0.39, 0.29) is 11.8 Å². The Bertz CT molecular complexity index is 569. The minimum atomic E-state index is -3.27. The summed E-state index contributed by atoms with van der Waals surface area (Å²) in [5.74, 6) is 0.0453. The molecule has 1 aromatic rings. The van der Waals surface area contributed by atoms with E-state index in [1.54, 1.807) is 35.6 Å². The van der Waals surface area contributed by atoms with E-state index in [2.05, 4.69) is 13.8 Å². The summed E-state index contributed by atoms with van der Waals surface area (Å²) in [7, 11) is -1.55. The number of hydrogen-bond acceptors (Lipinski definition) is 3. The summed E-state index contributed by atoms with van der Waals surface area (Å²) in [6.45, 7) is 4.51. The van der Waals surface area contributed by atoms with Gasteiger partial charge in [-0.25, -0.2) is 12.7 Å². The van der Waals surface area contributed by atoms with Gasteiger partial charge in [-0.3, -0.25) is 0 Å². The van der Waals surface area contributed by atoms with E-state index in [1.807, 2.05) is 0 Å². The molecule has 5 heteroatoms. The third kappa shape index (κ3) is 4.20. The van der Waals surface area contributed by atoms with Gasteiger partial charge in [-0.15, -0.1) is 0 Å². The smallest absolute Gasteiger partial charge is 0.218 e. The molecule has 1 saturated carbocycles. The number of nitrogens with two attached hydrogens (primary N) is 1. The fraction of sp³-hybridized carbons (Fsp3) is 0.625. The number of rotatable bonds is 4. The van der Waals surface area contributed by atoms with Gasteiger partial charge in [0.2, 0.25) is 10.0 Å². The largest absolute Gasteiger partial charge is 0.399 e. The van der Waals surface area contributed by atoms with Crippen LogP contribution in [-0.4, -0.2) is 25.8 Å². The lowest BCUT2D eigenvalue weighted by Gasteiger charge is -2.38. The first-order valence-electron chi connectivity index (χ1n) is 7.50. The molecule has 0 aliphatic heterocycles. The molecule has 1 aliphatic rings. The Kier molecular flexibility index (Phi) is 4.63. The van der Waals surface area contributed by atoms with Crippen molar-refractivity contribution in [2.45, 2.75) is 51.3 Å². The molecule has 21 heavy (non-hydrogen) atoms. The molecule has 0 radical (unpaired) electrons. The normalized spacial score (nSPS) is 19.8. The second kappa shape index (κ2) is 5.97. The van der Waals surface area contributed by atoms with Gasteiger partial charge in [0, 0.05) is 18.8 Å². The summed E-state index contributed by atoms with van der Waals surface area (Å²) in [5.41, 5.74) is 7.41. The van der Waals surface area contributed by atoms with Gasteiger partial charge in [-0.05, 0) is 48.8 Å². The first-order valence-corrected chi connectivity index (χ1v) is 9.11. The summed E-state index contributed by atoms with van der Waals surface area (Å²) in [6, 6.07) is 7.19. The van der Waals surface area contributed by atoms with E-state index in [1.165, 1.54) is 0 Å². The number of sulfonamides is 1. The van der Waals surface area contributed by atoms with Crippen molar-refractivity contribution >= 4 is 15.7 Å². The monoisotopic (exact) mass is 310 g/mol. The van der Waals surface area contributed by atoms with E-state index >= 15 is 0 Å². The second-order valence-corrected chi connectivity index (χ2v) is 8.94. The lowest BCUT2D eigenvalue weighted by atomic mass is 9.76. The Balaban J connectivity index is 2.03. The molecule has 2 N–H and O–H groups in total. The van der Waals surface area contributed by atoms with Crippen molar-refractivity contribution in [2.24, 2.45) is 5.41 Å². The SMILES string of the molecule is CN(C1CCC(C)(C)CC1)S(=O)(=O)Cc1ccc(N)cc1. The Morgan fingerprint density at radius 1 is 1.19 bits per heavy atom. The molecule has 0 spiro atoms. The molecule has 0 aromatic heterocycles. The molecule has 2 rings (SSSR count). The molecule has 1 fully saturated rings. The van der Waals surface area contributed by atoms with Gasteiger partial charge >= 0.3 is 0 Å². The summed E-state index contributed by atoms with van der Waals surface area (Å²) in [5, 5.41) is 0. The highest BCUT2D eigenvalue weighted by Crippen LogP contribution is 2.37. The molecule has 0 atom stereocenters. The zero-order valence-corrected chi connectivity index (χ0v) is 14.0. The second-order valence-electron chi connectivity index (χ2n) is 6.91. The zero-order chi connectivity index (χ0) is 15.7.